The van der Waals surface area contributed by atoms with Crippen molar-refractivity contribution in [3.8, 4) is 12.1 Å². The van der Waals surface area contributed by atoms with E-state index < -0.39 is 5.41 Å². The zero-order valence-electron chi connectivity index (χ0n) is 9.65. The summed E-state index contributed by atoms with van der Waals surface area (Å²) in [4.78, 5) is 0. The summed E-state index contributed by atoms with van der Waals surface area (Å²) in [5.74, 6) is -0.187. The predicted molar refractivity (Wildman–Crippen MR) is 68.2 cm³/mol. The van der Waals surface area contributed by atoms with Gasteiger partial charge in [0, 0.05) is 17.4 Å². The summed E-state index contributed by atoms with van der Waals surface area (Å²) in [5.41, 5.74) is -0.138. The van der Waals surface area contributed by atoms with E-state index in [0.29, 0.717) is 11.4 Å². The van der Waals surface area contributed by atoms with Gasteiger partial charge in [0.05, 0.1) is 12.1 Å². The molecule has 1 atom stereocenters. The Morgan fingerprint density at radius 3 is 2.29 bits per heavy atom. The molecule has 0 spiro atoms. The van der Waals surface area contributed by atoms with Crippen molar-refractivity contribution in [3.05, 3.63) is 47.5 Å². The first-order valence-electron chi connectivity index (χ1n) is 5.27. The molecule has 3 heteroatoms. The average molecular weight is 245 g/mol. The number of hydrogen-bond acceptors (Lipinski definition) is 2. The molecule has 0 aliphatic carbocycles. The standard InChI is InChI=1S/C14H13ClN2/c1-3-11(2)14(9-16,10-17)8-12-4-6-13(15)7-5-12/h3-7,11H,1,8H2,2H3. The Morgan fingerprint density at radius 1 is 1.35 bits per heavy atom. The molecule has 86 valence electrons. The van der Waals surface area contributed by atoms with E-state index in [1.54, 1.807) is 18.2 Å². The summed E-state index contributed by atoms with van der Waals surface area (Å²) in [7, 11) is 0. The van der Waals surface area contributed by atoms with Gasteiger partial charge in [-0.3, -0.25) is 0 Å². The molecule has 1 rings (SSSR count). The SMILES string of the molecule is C=CC(C)C(C#N)(C#N)Cc1ccc(Cl)cc1. The van der Waals surface area contributed by atoms with Crippen molar-refractivity contribution in [2.45, 2.75) is 13.3 Å². The van der Waals surface area contributed by atoms with Crippen LogP contribution >= 0.6 is 11.6 Å². The van der Waals surface area contributed by atoms with E-state index >= 15 is 0 Å². The maximum atomic E-state index is 9.25. The summed E-state index contributed by atoms with van der Waals surface area (Å²) in [5, 5.41) is 19.1. The monoisotopic (exact) mass is 244 g/mol. The van der Waals surface area contributed by atoms with Crippen molar-refractivity contribution in [2.75, 3.05) is 0 Å². The highest BCUT2D eigenvalue weighted by Crippen LogP contribution is 2.31. The first-order chi connectivity index (χ1) is 8.07. The van der Waals surface area contributed by atoms with E-state index in [2.05, 4.69) is 18.7 Å². The topological polar surface area (TPSA) is 47.6 Å². The zero-order valence-corrected chi connectivity index (χ0v) is 10.4. The fourth-order valence-corrected chi connectivity index (χ4v) is 1.72. The number of allylic oxidation sites excluding steroid dienone is 1. The van der Waals surface area contributed by atoms with Gasteiger partial charge in [-0.15, -0.1) is 6.58 Å². The molecule has 0 aliphatic rings. The third-order valence-electron chi connectivity index (χ3n) is 2.93. The molecule has 0 saturated carbocycles. The number of hydrogen-bond donors (Lipinski definition) is 0. The second-order valence-corrected chi connectivity index (χ2v) is 4.46. The molecule has 0 amide bonds. The van der Waals surface area contributed by atoms with Gasteiger partial charge in [0.2, 0.25) is 0 Å². The molecule has 1 aromatic rings. The van der Waals surface area contributed by atoms with Gasteiger partial charge in [-0.25, -0.2) is 0 Å². The van der Waals surface area contributed by atoms with E-state index in [0.717, 1.165) is 5.56 Å². The number of nitrogens with zero attached hydrogens (tertiary/aromatic N) is 2. The van der Waals surface area contributed by atoms with Crippen molar-refractivity contribution in [1.82, 2.24) is 0 Å². The van der Waals surface area contributed by atoms with Crippen molar-refractivity contribution in [3.63, 3.8) is 0 Å². The molecule has 1 unspecified atom stereocenters. The first-order valence-corrected chi connectivity index (χ1v) is 5.65. The molecule has 17 heavy (non-hydrogen) atoms. The molecular weight excluding hydrogens is 232 g/mol. The summed E-state index contributed by atoms with van der Waals surface area (Å²) < 4.78 is 0. The van der Waals surface area contributed by atoms with E-state index in [1.165, 1.54) is 0 Å². The molecule has 1 aromatic carbocycles. The Bertz CT molecular complexity index is 462. The molecule has 0 saturated heterocycles. The van der Waals surface area contributed by atoms with Crippen LogP contribution in [0.1, 0.15) is 12.5 Å². The number of halogens is 1. The molecule has 0 bridgehead atoms. The fraction of sp³-hybridized carbons (Fsp3) is 0.286. The molecule has 0 radical (unpaired) electrons. The van der Waals surface area contributed by atoms with Crippen molar-refractivity contribution in [1.29, 1.82) is 10.5 Å². The maximum absolute atomic E-state index is 9.25. The highest BCUT2D eigenvalue weighted by molar-refractivity contribution is 6.30. The van der Waals surface area contributed by atoms with Gasteiger partial charge in [-0.1, -0.05) is 36.7 Å². The highest BCUT2D eigenvalue weighted by Gasteiger charge is 2.35. The summed E-state index contributed by atoms with van der Waals surface area (Å²) in [6.07, 6.45) is 2.02. The van der Waals surface area contributed by atoms with Crippen LogP contribution in [0.25, 0.3) is 0 Å². The maximum Gasteiger partial charge on any atom is 0.153 e. The van der Waals surface area contributed by atoms with Crippen LogP contribution in [0.5, 0.6) is 0 Å². The summed E-state index contributed by atoms with van der Waals surface area (Å²) in [6.45, 7) is 5.48. The van der Waals surface area contributed by atoms with Gasteiger partial charge in [0.1, 0.15) is 0 Å². The molecule has 0 N–H and O–H groups in total. The first kappa shape index (κ1) is 13.3. The van der Waals surface area contributed by atoms with Crippen LogP contribution < -0.4 is 0 Å². The van der Waals surface area contributed by atoms with E-state index in [4.69, 9.17) is 11.6 Å². The predicted octanol–water partition coefficient (Wildman–Crippen LogP) is 3.74. The van der Waals surface area contributed by atoms with E-state index in [-0.39, 0.29) is 5.92 Å². The smallest absolute Gasteiger partial charge is 0.153 e. The van der Waals surface area contributed by atoms with Crippen molar-refractivity contribution < 1.29 is 0 Å². The Kier molecular flexibility index (Phi) is 4.32. The Hall–Kier alpha value is -1.77. The number of rotatable bonds is 4. The van der Waals surface area contributed by atoms with Crippen LogP contribution in [-0.2, 0) is 6.42 Å². The lowest BCUT2D eigenvalue weighted by Crippen LogP contribution is -2.26. The summed E-state index contributed by atoms with van der Waals surface area (Å²) >= 11 is 5.79. The largest absolute Gasteiger partial charge is 0.197 e. The van der Waals surface area contributed by atoms with Gasteiger partial charge >= 0.3 is 0 Å². The van der Waals surface area contributed by atoms with Gasteiger partial charge in [-0.2, -0.15) is 10.5 Å². The van der Waals surface area contributed by atoms with Crippen LogP contribution in [0.2, 0.25) is 5.02 Å². The lowest BCUT2D eigenvalue weighted by atomic mass is 9.74. The van der Waals surface area contributed by atoms with Gasteiger partial charge in [0.15, 0.2) is 5.41 Å². The highest BCUT2D eigenvalue weighted by atomic mass is 35.5. The number of nitriles is 2. The van der Waals surface area contributed by atoms with Crippen molar-refractivity contribution in [2.24, 2.45) is 11.3 Å². The van der Waals surface area contributed by atoms with Crippen LogP contribution in [-0.4, -0.2) is 0 Å². The van der Waals surface area contributed by atoms with Gasteiger partial charge in [-0.05, 0) is 17.7 Å². The molecule has 2 nitrogen and oxygen atoms in total. The zero-order chi connectivity index (χ0) is 12.9. The molecular formula is C14H13ClN2. The third-order valence-corrected chi connectivity index (χ3v) is 3.18. The lowest BCUT2D eigenvalue weighted by Gasteiger charge is -2.23. The van der Waals surface area contributed by atoms with Crippen LogP contribution in [0.3, 0.4) is 0 Å². The van der Waals surface area contributed by atoms with E-state index in [1.807, 2.05) is 19.1 Å². The van der Waals surface area contributed by atoms with Gasteiger partial charge < -0.3 is 0 Å². The fourth-order valence-electron chi connectivity index (χ4n) is 1.59. The quantitative estimate of drug-likeness (QED) is 0.758. The van der Waals surface area contributed by atoms with E-state index in [9.17, 15) is 10.5 Å². The Balaban J connectivity index is 3.04. The average Bonchev–Trinajstić information content (AvgIpc) is 2.37. The number of benzene rings is 1. The minimum Gasteiger partial charge on any atom is -0.197 e. The minimum atomic E-state index is -1.06. The molecule has 0 heterocycles. The molecule has 0 fully saturated rings. The van der Waals surface area contributed by atoms with Crippen molar-refractivity contribution >= 4 is 11.6 Å². The lowest BCUT2D eigenvalue weighted by molar-refractivity contribution is 0.404. The Labute approximate surface area is 107 Å². The van der Waals surface area contributed by atoms with Crippen LogP contribution in [0.4, 0.5) is 0 Å². The molecule has 0 aliphatic heterocycles. The third kappa shape index (κ3) is 2.87. The molecule has 0 aromatic heterocycles. The Morgan fingerprint density at radius 2 is 1.88 bits per heavy atom. The summed E-state index contributed by atoms with van der Waals surface area (Å²) in [6, 6.07) is 11.4. The van der Waals surface area contributed by atoms with Crippen LogP contribution in [0, 0.1) is 34.0 Å². The van der Waals surface area contributed by atoms with Gasteiger partial charge in [0.25, 0.3) is 0 Å². The minimum absolute atomic E-state index is 0.187. The van der Waals surface area contributed by atoms with Crippen LogP contribution in [0.15, 0.2) is 36.9 Å². The second-order valence-electron chi connectivity index (χ2n) is 4.02. The normalized spacial score (nSPS) is 12.2. The second kappa shape index (κ2) is 5.53.